The van der Waals surface area contributed by atoms with Crippen LogP contribution in [0.5, 0.6) is 5.75 Å². The monoisotopic (exact) mass is 161 g/mol. The van der Waals surface area contributed by atoms with Crippen LogP contribution in [-0.4, -0.2) is 10.9 Å². The number of nitriles is 1. The van der Waals surface area contributed by atoms with Crippen molar-refractivity contribution in [2.45, 2.75) is 6.92 Å². The molecule has 0 saturated heterocycles. The molecule has 12 heavy (non-hydrogen) atoms. The first kappa shape index (κ1) is 8.28. The van der Waals surface area contributed by atoms with Crippen molar-refractivity contribution in [1.82, 2.24) is 0 Å². The quantitative estimate of drug-likeness (QED) is 0.634. The minimum absolute atomic E-state index is 0.000741. The van der Waals surface area contributed by atoms with Gasteiger partial charge in [0.1, 0.15) is 5.75 Å². The summed E-state index contributed by atoms with van der Waals surface area (Å²) in [6.07, 6.45) is 0. The van der Waals surface area contributed by atoms with E-state index in [1.807, 2.05) is 6.07 Å². The molecule has 0 aliphatic heterocycles. The number of hydrogen-bond donors (Lipinski definition) is 1. The van der Waals surface area contributed by atoms with Crippen LogP contribution < -0.4 is 0 Å². The van der Waals surface area contributed by atoms with Gasteiger partial charge in [-0.25, -0.2) is 0 Å². The van der Waals surface area contributed by atoms with Crippen molar-refractivity contribution in [2.24, 2.45) is 0 Å². The molecule has 0 heterocycles. The summed E-state index contributed by atoms with van der Waals surface area (Å²) in [5.41, 5.74) is 0.554. The maximum atomic E-state index is 10.9. The van der Waals surface area contributed by atoms with Gasteiger partial charge in [0.2, 0.25) is 0 Å². The smallest absolute Gasteiger partial charge is 0.161 e. The van der Waals surface area contributed by atoms with Crippen molar-refractivity contribution < 1.29 is 9.90 Å². The van der Waals surface area contributed by atoms with E-state index in [1.165, 1.54) is 25.1 Å². The Morgan fingerprint density at radius 2 is 2.25 bits per heavy atom. The number of benzene rings is 1. The zero-order valence-electron chi connectivity index (χ0n) is 6.53. The molecule has 0 bridgehead atoms. The summed E-state index contributed by atoms with van der Waals surface area (Å²) >= 11 is 0. The number of carbonyl (C=O) groups excluding carboxylic acids is 1. The first-order valence-electron chi connectivity index (χ1n) is 3.39. The summed E-state index contributed by atoms with van der Waals surface area (Å²) < 4.78 is 0. The maximum Gasteiger partial charge on any atom is 0.161 e. The van der Waals surface area contributed by atoms with E-state index in [9.17, 15) is 4.79 Å². The SMILES string of the molecule is CC(=O)c1cc(O)ccc1C#N. The van der Waals surface area contributed by atoms with Crippen LogP contribution in [0.3, 0.4) is 0 Å². The summed E-state index contributed by atoms with van der Waals surface area (Å²) in [4.78, 5) is 10.9. The van der Waals surface area contributed by atoms with Crippen LogP contribution in [0.4, 0.5) is 0 Å². The Hall–Kier alpha value is -1.82. The molecule has 0 aromatic heterocycles. The lowest BCUT2D eigenvalue weighted by Gasteiger charge is -1.98. The van der Waals surface area contributed by atoms with Gasteiger partial charge in [-0.2, -0.15) is 5.26 Å². The molecule has 0 spiro atoms. The van der Waals surface area contributed by atoms with Crippen LogP contribution in [-0.2, 0) is 0 Å². The van der Waals surface area contributed by atoms with Crippen LogP contribution >= 0.6 is 0 Å². The summed E-state index contributed by atoms with van der Waals surface area (Å²) in [5, 5.41) is 17.6. The summed E-state index contributed by atoms with van der Waals surface area (Å²) in [6, 6.07) is 5.97. The van der Waals surface area contributed by atoms with Gasteiger partial charge in [-0.1, -0.05) is 0 Å². The van der Waals surface area contributed by atoms with Crippen LogP contribution in [0.15, 0.2) is 18.2 Å². The highest BCUT2D eigenvalue weighted by molar-refractivity contribution is 5.96. The topological polar surface area (TPSA) is 61.1 Å². The van der Waals surface area contributed by atoms with Crippen molar-refractivity contribution >= 4 is 5.78 Å². The molecule has 0 atom stereocenters. The molecule has 0 aliphatic rings. The zero-order valence-corrected chi connectivity index (χ0v) is 6.53. The van der Waals surface area contributed by atoms with Gasteiger partial charge in [-0.05, 0) is 25.1 Å². The van der Waals surface area contributed by atoms with Gasteiger partial charge in [0.25, 0.3) is 0 Å². The maximum absolute atomic E-state index is 10.9. The fourth-order valence-electron chi connectivity index (χ4n) is 0.921. The predicted octanol–water partition coefficient (Wildman–Crippen LogP) is 1.47. The lowest BCUT2D eigenvalue weighted by Crippen LogP contribution is -1.95. The molecule has 1 aromatic carbocycles. The first-order chi connectivity index (χ1) is 5.65. The van der Waals surface area contributed by atoms with Crippen LogP contribution in [0.1, 0.15) is 22.8 Å². The third-order valence-corrected chi connectivity index (χ3v) is 1.50. The standard InChI is InChI=1S/C9H7NO2/c1-6(11)9-4-8(12)3-2-7(9)5-10/h2-4,12H,1H3. The van der Waals surface area contributed by atoms with Crippen LogP contribution in [0.25, 0.3) is 0 Å². The number of aromatic hydroxyl groups is 1. The van der Waals surface area contributed by atoms with Gasteiger partial charge in [0.15, 0.2) is 5.78 Å². The third kappa shape index (κ3) is 1.43. The number of rotatable bonds is 1. The van der Waals surface area contributed by atoms with Crippen molar-refractivity contribution in [3.63, 3.8) is 0 Å². The molecule has 0 unspecified atom stereocenters. The lowest BCUT2D eigenvalue weighted by molar-refractivity contribution is 0.101. The molecule has 3 nitrogen and oxygen atoms in total. The van der Waals surface area contributed by atoms with E-state index in [4.69, 9.17) is 10.4 Å². The molecule has 0 fully saturated rings. The minimum Gasteiger partial charge on any atom is -0.508 e. The molecular formula is C9H7NO2. The predicted molar refractivity (Wildman–Crippen MR) is 42.8 cm³/mol. The molecule has 1 N–H and O–H groups in total. The minimum atomic E-state index is -0.220. The lowest BCUT2D eigenvalue weighted by atomic mass is 10.1. The van der Waals surface area contributed by atoms with Crippen LogP contribution in [0.2, 0.25) is 0 Å². The van der Waals surface area contributed by atoms with Crippen molar-refractivity contribution in [2.75, 3.05) is 0 Å². The van der Waals surface area contributed by atoms with E-state index in [0.717, 1.165) is 0 Å². The second kappa shape index (κ2) is 3.05. The highest BCUT2D eigenvalue weighted by Gasteiger charge is 2.06. The Morgan fingerprint density at radius 3 is 2.75 bits per heavy atom. The normalized spacial score (nSPS) is 9.00. The average molecular weight is 161 g/mol. The van der Waals surface area contributed by atoms with E-state index in [-0.39, 0.29) is 17.1 Å². The van der Waals surface area contributed by atoms with E-state index in [0.29, 0.717) is 5.56 Å². The molecule has 0 saturated carbocycles. The van der Waals surface area contributed by atoms with Gasteiger partial charge in [-0.15, -0.1) is 0 Å². The van der Waals surface area contributed by atoms with Gasteiger partial charge >= 0.3 is 0 Å². The van der Waals surface area contributed by atoms with Gasteiger partial charge in [0.05, 0.1) is 11.6 Å². The van der Waals surface area contributed by atoms with Gasteiger partial charge in [-0.3, -0.25) is 4.79 Å². The first-order valence-corrected chi connectivity index (χ1v) is 3.39. The van der Waals surface area contributed by atoms with Gasteiger partial charge < -0.3 is 5.11 Å². The molecular weight excluding hydrogens is 154 g/mol. The molecule has 60 valence electrons. The van der Waals surface area contributed by atoms with E-state index in [2.05, 4.69) is 0 Å². The second-order valence-electron chi connectivity index (χ2n) is 2.40. The Balaban J connectivity index is 3.34. The number of ketones is 1. The number of hydrogen-bond acceptors (Lipinski definition) is 3. The van der Waals surface area contributed by atoms with Gasteiger partial charge in [0, 0.05) is 5.56 Å². The Morgan fingerprint density at radius 1 is 1.58 bits per heavy atom. The summed E-state index contributed by atoms with van der Waals surface area (Å²) in [5.74, 6) is -0.221. The highest BCUT2D eigenvalue weighted by Crippen LogP contribution is 2.16. The Bertz CT molecular complexity index is 363. The van der Waals surface area contributed by atoms with E-state index in [1.54, 1.807) is 0 Å². The van der Waals surface area contributed by atoms with Crippen molar-refractivity contribution in [3.05, 3.63) is 29.3 Å². The molecule has 3 heteroatoms. The van der Waals surface area contributed by atoms with E-state index < -0.39 is 0 Å². The number of nitrogens with zero attached hydrogens (tertiary/aromatic N) is 1. The second-order valence-corrected chi connectivity index (χ2v) is 2.40. The number of phenolic OH excluding ortho intramolecular Hbond substituents is 1. The molecule has 0 aliphatic carbocycles. The molecule has 0 amide bonds. The Labute approximate surface area is 69.9 Å². The summed E-state index contributed by atoms with van der Waals surface area (Å²) in [7, 11) is 0. The fourth-order valence-corrected chi connectivity index (χ4v) is 0.921. The van der Waals surface area contributed by atoms with Crippen LogP contribution in [0, 0.1) is 11.3 Å². The third-order valence-electron chi connectivity index (χ3n) is 1.50. The Kier molecular flexibility index (Phi) is 2.11. The largest absolute Gasteiger partial charge is 0.508 e. The number of Topliss-reactive ketones (excluding diaryl/α,β-unsaturated/α-hetero) is 1. The number of phenols is 1. The molecule has 1 rings (SSSR count). The number of carbonyl (C=O) groups is 1. The van der Waals surface area contributed by atoms with E-state index >= 15 is 0 Å². The molecule has 1 aromatic rings. The highest BCUT2D eigenvalue weighted by atomic mass is 16.3. The summed E-state index contributed by atoms with van der Waals surface area (Å²) in [6.45, 7) is 1.36. The zero-order chi connectivity index (χ0) is 9.14. The average Bonchev–Trinajstić information content (AvgIpc) is 2.04. The molecule has 0 radical (unpaired) electrons. The van der Waals surface area contributed by atoms with Crippen molar-refractivity contribution in [3.8, 4) is 11.8 Å². The van der Waals surface area contributed by atoms with Crippen molar-refractivity contribution in [1.29, 1.82) is 5.26 Å². The fraction of sp³-hybridized carbons (Fsp3) is 0.111.